The van der Waals surface area contributed by atoms with E-state index in [-0.39, 0.29) is 16.1 Å². The van der Waals surface area contributed by atoms with E-state index in [0.717, 1.165) is 6.26 Å². The molecule has 0 aliphatic carbocycles. The van der Waals surface area contributed by atoms with Crippen LogP contribution < -0.4 is 14.8 Å². The fraction of sp³-hybridized carbons (Fsp3) is 0.0500. The number of anilines is 3. The maximum atomic E-state index is 12.6. The Hall–Kier alpha value is -3.08. The molecule has 3 rings (SSSR count). The number of para-hydroxylation sites is 1. The first-order valence-electron chi connectivity index (χ1n) is 8.80. The van der Waals surface area contributed by atoms with Gasteiger partial charge < -0.3 is 5.32 Å². The van der Waals surface area contributed by atoms with E-state index in [1.807, 2.05) is 0 Å². The van der Waals surface area contributed by atoms with Crippen LogP contribution in [-0.2, 0) is 20.0 Å². The standard InChI is InChI=1S/C20H18ClN3O5S2/c1-30(26,27)24-19-5-3-2-4-18(19)20(25)22-15-10-12-17(13-11-15)31(28,29)23-16-8-6-14(21)7-9-16/h2-13,23-24H,1H3,(H,22,25). The minimum atomic E-state index is -3.83. The quantitative estimate of drug-likeness (QED) is 0.476. The third kappa shape index (κ3) is 6.20. The molecule has 0 fully saturated rings. The molecule has 0 spiro atoms. The maximum absolute atomic E-state index is 12.6. The molecule has 31 heavy (non-hydrogen) atoms. The Labute approximate surface area is 185 Å². The smallest absolute Gasteiger partial charge is 0.261 e. The highest BCUT2D eigenvalue weighted by atomic mass is 35.5. The van der Waals surface area contributed by atoms with Gasteiger partial charge in [0.25, 0.3) is 15.9 Å². The molecule has 0 saturated carbocycles. The average molecular weight is 480 g/mol. The second kappa shape index (κ2) is 8.96. The van der Waals surface area contributed by atoms with Crippen molar-refractivity contribution < 1.29 is 21.6 Å². The van der Waals surface area contributed by atoms with Crippen LogP contribution in [0, 0.1) is 0 Å². The summed E-state index contributed by atoms with van der Waals surface area (Å²) in [7, 11) is -7.40. The predicted molar refractivity (Wildman–Crippen MR) is 122 cm³/mol. The van der Waals surface area contributed by atoms with Crippen LogP contribution in [0.4, 0.5) is 17.1 Å². The molecule has 0 radical (unpaired) electrons. The van der Waals surface area contributed by atoms with Crippen LogP contribution in [0.5, 0.6) is 0 Å². The van der Waals surface area contributed by atoms with E-state index in [9.17, 15) is 21.6 Å². The summed E-state index contributed by atoms with van der Waals surface area (Å²) in [6, 6.07) is 17.9. The highest BCUT2D eigenvalue weighted by Crippen LogP contribution is 2.22. The van der Waals surface area contributed by atoms with Gasteiger partial charge in [0, 0.05) is 16.4 Å². The summed E-state index contributed by atoms with van der Waals surface area (Å²) in [6.07, 6.45) is 0.985. The van der Waals surface area contributed by atoms with E-state index in [2.05, 4.69) is 14.8 Å². The van der Waals surface area contributed by atoms with E-state index in [0.29, 0.717) is 16.4 Å². The van der Waals surface area contributed by atoms with Crippen molar-refractivity contribution in [3.05, 3.63) is 83.4 Å². The van der Waals surface area contributed by atoms with Crippen molar-refractivity contribution in [3.8, 4) is 0 Å². The summed E-state index contributed by atoms with van der Waals surface area (Å²) in [4.78, 5) is 12.6. The summed E-state index contributed by atoms with van der Waals surface area (Å²) in [6.45, 7) is 0. The number of halogens is 1. The lowest BCUT2D eigenvalue weighted by Crippen LogP contribution is -2.17. The molecular formula is C20H18ClN3O5S2. The summed E-state index contributed by atoms with van der Waals surface area (Å²) in [5.41, 5.74) is 0.948. The number of amides is 1. The SMILES string of the molecule is CS(=O)(=O)Nc1ccccc1C(=O)Nc1ccc(S(=O)(=O)Nc2ccc(Cl)cc2)cc1. The minimum Gasteiger partial charge on any atom is -0.322 e. The van der Waals surface area contributed by atoms with Crippen molar-refractivity contribution in [2.45, 2.75) is 4.90 Å². The number of nitrogens with one attached hydrogen (secondary N) is 3. The van der Waals surface area contributed by atoms with Gasteiger partial charge in [-0.1, -0.05) is 23.7 Å². The Balaban J connectivity index is 1.75. The number of carbonyl (C=O) groups is 1. The van der Waals surface area contributed by atoms with Crippen LogP contribution in [0.3, 0.4) is 0 Å². The summed E-state index contributed by atoms with van der Waals surface area (Å²) in [5.74, 6) is -0.554. The molecule has 0 aliphatic heterocycles. The Morgan fingerprint density at radius 2 is 1.35 bits per heavy atom. The third-order valence-corrected chi connectivity index (χ3v) is 6.23. The minimum absolute atomic E-state index is 0.000378. The summed E-state index contributed by atoms with van der Waals surface area (Å²) >= 11 is 5.80. The van der Waals surface area contributed by atoms with Gasteiger partial charge >= 0.3 is 0 Å². The van der Waals surface area contributed by atoms with Crippen molar-refractivity contribution in [1.82, 2.24) is 0 Å². The molecule has 1 amide bonds. The molecule has 3 aromatic rings. The Bertz CT molecular complexity index is 1310. The van der Waals surface area contributed by atoms with Gasteiger partial charge in [-0.25, -0.2) is 16.8 Å². The zero-order valence-corrected chi connectivity index (χ0v) is 18.6. The number of carbonyl (C=O) groups excluding carboxylic acids is 1. The molecule has 162 valence electrons. The van der Waals surface area contributed by atoms with Crippen molar-refractivity contribution in [2.75, 3.05) is 21.0 Å². The lowest BCUT2D eigenvalue weighted by Gasteiger charge is -2.12. The van der Waals surface area contributed by atoms with E-state index in [1.165, 1.54) is 48.5 Å². The van der Waals surface area contributed by atoms with Gasteiger partial charge in [0.2, 0.25) is 10.0 Å². The molecule has 11 heteroatoms. The molecule has 0 aromatic heterocycles. The molecule has 0 bridgehead atoms. The highest BCUT2D eigenvalue weighted by molar-refractivity contribution is 7.92. The number of rotatable bonds is 7. The third-order valence-electron chi connectivity index (χ3n) is 3.99. The zero-order chi connectivity index (χ0) is 22.6. The van der Waals surface area contributed by atoms with Crippen molar-refractivity contribution >= 4 is 54.6 Å². The van der Waals surface area contributed by atoms with Gasteiger partial charge in [-0.3, -0.25) is 14.2 Å². The van der Waals surface area contributed by atoms with Gasteiger partial charge in [0.1, 0.15) is 0 Å². The number of sulfonamides is 2. The number of hydrogen-bond acceptors (Lipinski definition) is 5. The molecule has 0 aliphatic rings. The van der Waals surface area contributed by atoms with Crippen molar-refractivity contribution in [1.29, 1.82) is 0 Å². The first-order chi connectivity index (χ1) is 14.5. The largest absolute Gasteiger partial charge is 0.322 e. The molecule has 0 atom stereocenters. The van der Waals surface area contributed by atoms with Crippen LogP contribution in [0.15, 0.2) is 77.7 Å². The van der Waals surface area contributed by atoms with Gasteiger partial charge in [-0.05, 0) is 60.7 Å². The zero-order valence-electron chi connectivity index (χ0n) is 16.2. The van der Waals surface area contributed by atoms with Crippen LogP contribution in [0.2, 0.25) is 5.02 Å². The highest BCUT2D eigenvalue weighted by Gasteiger charge is 2.16. The van der Waals surface area contributed by atoms with E-state index in [4.69, 9.17) is 11.6 Å². The second-order valence-electron chi connectivity index (χ2n) is 6.51. The van der Waals surface area contributed by atoms with Gasteiger partial charge in [-0.2, -0.15) is 0 Å². The number of hydrogen-bond donors (Lipinski definition) is 3. The van der Waals surface area contributed by atoms with Crippen LogP contribution in [0.25, 0.3) is 0 Å². The lowest BCUT2D eigenvalue weighted by atomic mass is 10.1. The van der Waals surface area contributed by atoms with Crippen molar-refractivity contribution in [2.24, 2.45) is 0 Å². The van der Waals surface area contributed by atoms with E-state index < -0.39 is 26.0 Å². The molecule has 0 heterocycles. The summed E-state index contributed by atoms with van der Waals surface area (Å²) in [5, 5.41) is 3.10. The number of benzene rings is 3. The second-order valence-corrected chi connectivity index (χ2v) is 10.4. The molecule has 8 nitrogen and oxygen atoms in total. The average Bonchev–Trinajstić information content (AvgIpc) is 2.69. The topological polar surface area (TPSA) is 121 Å². The van der Waals surface area contributed by atoms with Crippen LogP contribution in [0.1, 0.15) is 10.4 Å². The predicted octanol–water partition coefficient (Wildman–Crippen LogP) is 3.76. The molecule has 0 saturated heterocycles. The Kier molecular flexibility index (Phi) is 6.54. The summed E-state index contributed by atoms with van der Waals surface area (Å²) < 4.78 is 52.8. The Morgan fingerprint density at radius 1 is 0.774 bits per heavy atom. The molecule has 3 N–H and O–H groups in total. The van der Waals surface area contributed by atoms with Crippen LogP contribution >= 0.6 is 11.6 Å². The lowest BCUT2D eigenvalue weighted by molar-refractivity contribution is 0.102. The van der Waals surface area contributed by atoms with E-state index in [1.54, 1.807) is 24.3 Å². The van der Waals surface area contributed by atoms with Crippen molar-refractivity contribution in [3.63, 3.8) is 0 Å². The normalized spacial score (nSPS) is 11.5. The molecular weight excluding hydrogens is 462 g/mol. The van der Waals surface area contributed by atoms with Crippen LogP contribution in [-0.4, -0.2) is 29.0 Å². The van der Waals surface area contributed by atoms with Gasteiger partial charge in [0.05, 0.1) is 22.4 Å². The Morgan fingerprint density at radius 3 is 1.97 bits per heavy atom. The fourth-order valence-corrected chi connectivity index (χ4v) is 4.38. The maximum Gasteiger partial charge on any atom is 0.261 e. The first kappa shape index (κ1) is 22.6. The van der Waals surface area contributed by atoms with E-state index >= 15 is 0 Å². The van der Waals surface area contributed by atoms with Gasteiger partial charge in [-0.15, -0.1) is 0 Å². The molecule has 0 unspecified atom stereocenters. The van der Waals surface area contributed by atoms with Gasteiger partial charge in [0.15, 0.2) is 0 Å². The molecule has 3 aromatic carbocycles. The monoisotopic (exact) mass is 479 g/mol. The fourth-order valence-electron chi connectivity index (χ4n) is 2.62. The first-order valence-corrected chi connectivity index (χ1v) is 12.6.